The van der Waals surface area contributed by atoms with E-state index in [1.54, 1.807) is 7.11 Å². The number of hydrogen-bond donors (Lipinski definition) is 0. The molecule has 94 valence electrons. The molecule has 0 unspecified atom stereocenters. The minimum atomic E-state index is 0.139. The van der Waals surface area contributed by atoms with Gasteiger partial charge in [0.2, 0.25) is 5.88 Å². The summed E-state index contributed by atoms with van der Waals surface area (Å²) in [7, 11) is 1.66. The first kappa shape index (κ1) is 12.4. The third-order valence-electron chi connectivity index (χ3n) is 2.50. The average molecular weight is 243 g/mol. The van der Waals surface area contributed by atoms with Gasteiger partial charge in [-0.1, -0.05) is 12.1 Å². The van der Waals surface area contributed by atoms with Crippen LogP contribution in [0.2, 0.25) is 0 Å². The fraction of sp³-hybridized carbons (Fsp3) is 0.267. The lowest BCUT2D eigenvalue weighted by Gasteiger charge is -2.09. The largest absolute Gasteiger partial charge is 0.497 e. The summed E-state index contributed by atoms with van der Waals surface area (Å²) in [5, 5.41) is 0. The topological polar surface area (TPSA) is 31.4 Å². The minimum absolute atomic E-state index is 0.139. The van der Waals surface area contributed by atoms with Crippen LogP contribution >= 0.6 is 0 Å². The summed E-state index contributed by atoms with van der Waals surface area (Å²) >= 11 is 0. The smallest absolute Gasteiger partial charge is 0.213 e. The van der Waals surface area contributed by atoms with E-state index in [1.165, 1.54) is 0 Å². The first-order chi connectivity index (χ1) is 8.69. The Morgan fingerprint density at radius 3 is 2.50 bits per heavy atom. The molecule has 0 radical (unpaired) electrons. The van der Waals surface area contributed by atoms with Crippen LogP contribution in [-0.2, 0) is 0 Å². The molecule has 3 heteroatoms. The van der Waals surface area contributed by atoms with Gasteiger partial charge in [-0.2, -0.15) is 0 Å². The Hall–Kier alpha value is -2.03. The fourth-order valence-corrected chi connectivity index (χ4v) is 1.66. The summed E-state index contributed by atoms with van der Waals surface area (Å²) in [6, 6.07) is 11.8. The number of methoxy groups -OCH3 is 1. The highest BCUT2D eigenvalue weighted by Crippen LogP contribution is 2.24. The predicted octanol–water partition coefficient (Wildman–Crippen LogP) is 3.54. The SMILES string of the molecule is COc1cccc(-c2ccc(OC(C)C)nc2)c1. The van der Waals surface area contributed by atoms with Gasteiger partial charge in [0.25, 0.3) is 0 Å². The molecule has 18 heavy (non-hydrogen) atoms. The molecule has 1 aromatic carbocycles. The molecule has 0 saturated carbocycles. The number of pyridine rings is 1. The van der Waals surface area contributed by atoms with Crippen LogP contribution in [0.5, 0.6) is 11.6 Å². The highest BCUT2D eigenvalue weighted by atomic mass is 16.5. The number of benzene rings is 1. The maximum atomic E-state index is 5.51. The number of hydrogen-bond acceptors (Lipinski definition) is 3. The van der Waals surface area contributed by atoms with E-state index in [0.717, 1.165) is 16.9 Å². The molecule has 2 aromatic rings. The van der Waals surface area contributed by atoms with Gasteiger partial charge >= 0.3 is 0 Å². The molecule has 0 saturated heterocycles. The lowest BCUT2D eigenvalue weighted by Crippen LogP contribution is -2.06. The second kappa shape index (κ2) is 5.54. The van der Waals surface area contributed by atoms with Gasteiger partial charge in [-0.3, -0.25) is 0 Å². The fourth-order valence-electron chi connectivity index (χ4n) is 1.66. The van der Waals surface area contributed by atoms with Crippen molar-refractivity contribution in [2.45, 2.75) is 20.0 Å². The molecule has 0 bridgehead atoms. The van der Waals surface area contributed by atoms with Gasteiger partial charge in [0, 0.05) is 17.8 Å². The quantitative estimate of drug-likeness (QED) is 0.823. The van der Waals surface area contributed by atoms with E-state index in [0.29, 0.717) is 5.88 Å². The third kappa shape index (κ3) is 3.00. The molecule has 2 rings (SSSR count). The second-order valence-corrected chi connectivity index (χ2v) is 4.28. The molecule has 0 spiro atoms. The first-order valence-corrected chi connectivity index (χ1v) is 5.96. The van der Waals surface area contributed by atoms with Crippen LogP contribution in [0.25, 0.3) is 11.1 Å². The van der Waals surface area contributed by atoms with Crippen molar-refractivity contribution in [1.29, 1.82) is 0 Å². The summed E-state index contributed by atoms with van der Waals surface area (Å²) in [6.45, 7) is 3.97. The molecule has 3 nitrogen and oxygen atoms in total. The van der Waals surface area contributed by atoms with Gasteiger partial charge in [-0.25, -0.2) is 4.98 Å². The predicted molar refractivity (Wildman–Crippen MR) is 72.0 cm³/mol. The normalized spacial score (nSPS) is 10.4. The average Bonchev–Trinajstić information content (AvgIpc) is 2.39. The van der Waals surface area contributed by atoms with Gasteiger partial charge in [0.1, 0.15) is 5.75 Å². The van der Waals surface area contributed by atoms with Gasteiger partial charge < -0.3 is 9.47 Å². The molecule has 0 amide bonds. The maximum absolute atomic E-state index is 5.51. The van der Waals surface area contributed by atoms with Crippen LogP contribution in [0, 0.1) is 0 Å². The highest BCUT2D eigenvalue weighted by molar-refractivity contribution is 5.64. The van der Waals surface area contributed by atoms with Crippen LogP contribution in [0.4, 0.5) is 0 Å². The maximum Gasteiger partial charge on any atom is 0.213 e. The van der Waals surface area contributed by atoms with Crippen molar-refractivity contribution in [3.63, 3.8) is 0 Å². The van der Waals surface area contributed by atoms with Gasteiger partial charge in [0.15, 0.2) is 0 Å². The number of ether oxygens (including phenoxy) is 2. The Bertz CT molecular complexity index is 506. The van der Waals surface area contributed by atoms with Crippen molar-refractivity contribution in [2.75, 3.05) is 7.11 Å². The van der Waals surface area contributed by atoms with Crippen molar-refractivity contribution in [2.24, 2.45) is 0 Å². The second-order valence-electron chi connectivity index (χ2n) is 4.28. The Morgan fingerprint density at radius 1 is 1.06 bits per heavy atom. The summed E-state index contributed by atoms with van der Waals surface area (Å²) in [6.07, 6.45) is 1.95. The molecule has 1 aromatic heterocycles. The summed E-state index contributed by atoms with van der Waals surface area (Å²) in [5.41, 5.74) is 2.13. The first-order valence-electron chi connectivity index (χ1n) is 5.96. The van der Waals surface area contributed by atoms with E-state index in [2.05, 4.69) is 4.98 Å². The van der Waals surface area contributed by atoms with Crippen molar-refractivity contribution in [1.82, 2.24) is 4.98 Å². The monoisotopic (exact) mass is 243 g/mol. The zero-order chi connectivity index (χ0) is 13.0. The molecular formula is C15H17NO2. The molecule has 0 N–H and O–H groups in total. The molecule has 1 heterocycles. The number of rotatable bonds is 4. The Labute approximate surface area is 107 Å². The van der Waals surface area contributed by atoms with Gasteiger partial charge in [-0.05, 0) is 37.6 Å². The Kier molecular flexibility index (Phi) is 3.82. The summed E-state index contributed by atoms with van der Waals surface area (Å²) < 4.78 is 10.7. The molecule has 0 fully saturated rings. The molecule has 0 aliphatic rings. The van der Waals surface area contributed by atoms with Crippen LogP contribution in [-0.4, -0.2) is 18.2 Å². The number of aromatic nitrogens is 1. The molecule has 0 aliphatic heterocycles. The summed E-state index contributed by atoms with van der Waals surface area (Å²) in [4.78, 5) is 4.29. The van der Waals surface area contributed by atoms with Crippen LogP contribution in [0.3, 0.4) is 0 Å². The summed E-state index contributed by atoms with van der Waals surface area (Å²) in [5.74, 6) is 1.49. The minimum Gasteiger partial charge on any atom is -0.497 e. The van der Waals surface area contributed by atoms with E-state index in [4.69, 9.17) is 9.47 Å². The van der Waals surface area contributed by atoms with E-state index >= 15 is 0 Å². The lowest BCUT2D eigenvalue weighted by molar-refractivity contribution is 0.232. The molecular weight excluding hydrogens is 226 g/mol. The van der Waals surface area contributed by atoms with Crippen molar-refractivity contribution < 1.29 is 9.47 Å². The van der Waals surface area contributed by atoms with Crippen LogP contribution in [0.15, 0.2) is 42.6 Å². The zero-order valence-corrected chi connectivity index (χ0v) is 10.9. The van der Waals surface area contributed by atoms with E-state index in [-0.39, 0.29) is 6.10 Å². The Morgan fingerprint density at radius 2 is 1.89 bits per heavy atom. The van der Waals surface area contributed by atoms with Crippen molar-refractivity contribution in [3.8, 4) is 22.8 Å². The van der Waals surface area contributed by atoms with Crippen molar-refractivity contribution in [3.05, 3.63) is 42.6 Å². The Balaban J connectivity index is 2.22. The standard InChI is InChI=1S/C15H17NO2/c1-11(2)18-15-8-7-13(10-16-15)12-5-4-6-14(9-12)17-3/h4-11H,1-3H3. The number of nitrogens with zero attached hydrogens (tertiary/aromatic N) is 1. The van der Waals surface area contributed by atoms with E-state index in [1.807, 2.05) is 56.4 Å². The van der Waals surface area contributed by atoms with E-state index in [9.17, 15) is 0 Å². The zero-order valence-electron chi connectivity index (χ0n) is 10.9. The van der Waals surface area contributed by atoms with Crippen LogP contribution in [0.1, 0.15) is 13.8 Å². The third-order valence-corrected chi connectivity index (χ3v) is 2.50. The van der Waals surface area contributed by atoms with Gasteiger partial charge in [0.05, 0.1) is 13.2 Å². The lowest BCUT2D eigenvalue weighted by atomic mass is 10.1. The van der Waals surface area contributed by atoms with Crippen LogP contribution < -0.4 is 9.47 Å². The molecule has 0 atom stereocenters. The van der Waals surface area contributed by atoms with Gasteiger partial charge in [-0.15, -0.1) is 0 Å². The highest BCUT2D eigenvalue weighted by Gasteiger charge is 2.02. The molecule has 0 aliphatic carbocycles. The van der Waals surface area contributed by atoms with E-state index < -0.39 is 0 Å². The van der Waals surface area contributed by atoms with Crippen molar-refractivity contribution >= 4 is 0 Å².